The van der Waals surface area contributed by atoms with Crippen molar-refractivity contribution in [2.24, 2.45) is 20.0 Å². The molecular formula is C12H14N4O6. The lowest BCUT2D eigenvalue weighted by Gasteiger charge is -2.15. The van der Waals surface area contributed by atoms with Gasteiger partial charge in [-0.05, 0) is 12.8 Å². The van der Waals surface area contributed by atoms with Crippen LogP contribution in [0.4, 0.5) is 0 Å². The normalized spacial score (nSPS) is 14.8. The Hall–Kier alpha value is -2.56. The number of hydrogen-bond donors (Lipinski definition) is 2. The number of aliphatic imine (C=N–C) groups is 4. The van der Waals surface area contributed by atoms with Gasteiger partial charge in [0.15, 0.2) is 0 Å². The molecular weight excluding hydrogens is 296 g/mol. The van der Waals surface area contributed by atoms with Gasteiger partial charge in [-0.25, -0.2) is 19.2 Å². The van der Waals surface area contributed by atoms with Gasteiger partial charge in [-0.1, -0.05) is 12.8 Å². The standard InChI is InChI=1S/C12H14N4O6/c17-7-13-11(21,14-8-18)5-3-1-2-4-6-12(22,15-9-19)16-10-20/h21-22H,1-6H2. The maximum atomic E-state index is 10.1. The predicted octanol–water partition coefficient (Wildman–Crippen LogP) is -0.0376. The summed E-state index contributed by atoms with van der Waals surface area (Å²) in [5.41, 5.74) is 0. The fraction of sp³-hybridized carbons (Fsp3) is 0.667. The quantitative estimate of drug-likeness (QED) is 0.309. The van der Waals surface area contributed by atoms with E-state index in [0.717, 1.165) is 24.3 Å². The highest BCUT2D eigenvalue weighted by molar-refractivity contribution is 5.38. The van der Waals surface area contributed by atoms with Gasteiger partial charge in [0.25, 0.3) is 11.7 Å². The molecule has 22 heavy (non-hydrogen) atoms. The van der Waals surface area contributed by atoms with E-state index in [0.29, 0.717) is 25.7 Å². The first kappa shape index (κ1) is 19.4. The zero-order valence-corrected chi connectivity index (χ0v) is 11.6. The summed E-state index contributed by atoms with van der Waals surface area (Å²) in [4.78, 5) is 52.5. The highest BCUT2D eigenvalue weighted by atomic mass is 16.3. The molecule has 0 bridgehead atoms. The molecule has 0 saturated carbocycles. The average molecular weight is 310 g/mol. The molecule has 10 nitrogen and oxygen atoms in total. The summed E-state index contributed by atoms with van der Waals surface area (Å²) >= 11 is 0. The number of aliphatic hydroxyl groups is 2. The molecule has 0 aromatic rings. The van der Waals surface area contributed by atoms with E-state index < -0.39 is 11.7 Å². The summed E-state index contributed by atoms with van der Waals surface area (Å²) in [6, 6.07) is 0. The van der Waals surface area contributed by atoms with Gasteiger partial charge in [-0.15, -0.1) is 20.0 Å². The van der Waals surface area contributed by atoms with Gasteiger partial charge in [0.05, 0.1) is 0 Å². The third-order valence-electron chi connectivity index (χ3n) is 2.67. The largest absolute Gasteiger partial charge is 0.350 e. The maximum Gasteiger partial charge on any atom is 0.276 e. The molecule has 0 spiro atoms. The number of rotatable bonds is 11. The summed E-state index contributed by atoms with van der Waals surface area (Å²) in [5, 5.41) is 19.2. The number of nitrogens with zero attached hydrogens (tertiary/aromatic N) is 4. The van der Waals surface area contributed by atoms with Crippen LogP contribution in [0.2, 0.25) is 0 Å². The molecule has 0 saturated heterocycles. The van der Waals surface area contributed by atoms with Crippen LogP contribution in [-0.4, -0.2) is 46.2 Å². The molecule has 2 N–H and O–H groups in total. The van der Waals surface area contributed by atoms with Crippen molar-refractivity contribution in [1.29, 1.82) is 0 Å². The SMILES string of the molecule is O=C=NC(O)(CCCCCCC(O)(N=C=O)N=C=O)N=C=O. The Bertz CT molecular complexity index is 466. The van der Waals surface area contributed by atoms with E-state index >= 15 is 0 Å². The van der Waals surface area contributed by atoms with E-state index in [-0.39, 0.29) is 12.8 Å². The van der Waals surface area contributed by atoms with Crippen molar-refractivity contribution in [3.8, 4) is 0 Å². The van der Waals surface area contributed by atoms with E-state index in [1.165, 1.54) is 0 Å². The zero-order valence-electron chi connectivity index (χ0n) is 11.6. The minimum absolute atomic E-state index is 0.0826. The Morgan fingerprint density at radius 2 is 0.864 bits per heavy atom. The van der Waals surface area contributed by atoms with Gasteiger partial charge in [-0.3, -0.25) is 0 Å². The molecule has 0 unspecified atom stereocenters. The molecule has 0 aromatic carbocycles. The molecule has 0 fully saturated rings. The van der Waals surface area contributed by atoms with Gasteiger partial charge >= 0.3 is 0 Å². The van der Waals surface area contributed by atoms with Crippen LogP contribution < -0.4 is 0 Å². The summed E-state index contributed by atoms with van der Waals surface area (Å²) in [7, 11) is 0. The molecule has 0 amide bonds. The number of isocyanates is 4. The summed E-state index contributed by atoms with van der Waals surface area (Å²) in [6.07, 6.45) is 6.06. The van der Waals surface area contributed by atoms with Crippen molar-refractivity contribution in [2.75, 3.05) is 0 Å². The molecule has 0 aliphatic rings. The maximum absolute atomic E-state index is 10.1. The third-order valence-corrected chi connectivity index (χ3v) is 2.67. The Labute approximate surface area is 125 Å². The van der Waals surface area contributed by atoms with E-state index in [2.05, 4.69) is 20.0 Å². The van der Waals surface area contributed by atoms with Crippen LogP contribution in [0.15, 0.2) is 20.0 Å². The van der Waals surface area contributed by atoms with E-state index in [4.69, 9.17) is 0 Å². The lowest BCUT2D eigenvalue weighted by Crippen LogP contribution is -2.23. The molecule has 0 radical (unpaired) electrons. The Morgan fingerprint density at radius 3 is 1.09 bits per heavy atom. The van der Waals surface area contributed by atoms with Crippen LogP contribution in [0, 0.1) is 0 Å². The van der Waals surface area contributed by atoms with Crippen molar-refractivity contribution in [2.45, 2.75) is 50.2 Å². The summed E-state index contributed by atoms with van der Waals surface area (Å²) < 4.78 is 0. The number of unbranched alkanes of at least 4 members (excludes halogenated alkanes) is 3. The molecule has 0 heterocycles. The molecule has 10 heteroatoms. The van der Waals surface area contributed by atoms with Crippen molar-refractivity contribution >= 4 is 24.3 Å². The fourth-order valence-corrected chi connectivity index (χ4v) is 1.64. The average Bonchev–Trinajstić information content (AvgIpc) is 2.44. The summed E-state index contributed by atoms with van der Waals surface area (Å²) in [6.45, 7) is 0. The van der Waals surface area contributed by atoms with Crippen LogP contribution >= 0.6 is 0 Å². The number of hydrogen-bond acceptors (Lipinski definition) is 10. The molecule has 118 valence electrons. The van der Waals surface area contributed by atoms with Crippen molar-refractivity contribution in [3.63, 3.8) is 0 Å². The first-order valence-corrected chi connectivity index (χ1v) is 6.26. The number of carbonyl (C=O) groups excluding carboxylic acids is 4. The van der Waals surface area contributed by atoms with Crippen LogP contribution in [0.1, 0.15) is 38.5 Å². The Morgan fingerprint density at radius 1 is 0.591 bits per heavy atom. The monoisotopic (exact) mass is 310 g/mol. The second-order valence-electron chi connectivity index (χ2n) is 4.28. The molecule has 0 atom stereocenters. The minimum atomic E-state index is -2.16. The van der Waals surface area contributed by atoms with E-state index in [9.17, 15) is 29.4 Å². The van der Waals surface area contributed by atoms with Crippen molar-refractivity contribution < 1.29 is 29.4 Å². The first-order valence-electron chi connectivity index (χ1n) is 6.26. The second-order valence-corrected chi connectivity index (χ2v) is 4.28. The van der Waals surface area contributed by atoms with Crippen LogP contribution in [0.25, 0.3) is 0 Å². The van der Waals surface area contributed by atoms with Crippen LogP contribution in [0.5, 0.6) is 0 Å². The molecule has 0 aliphatic carbocycles. The van der Waals surface area contributed by atoms with Gasteiger partial charge in [0.1, 0.15) is 0 Å². The first-order chi connectivity index (χ1) is 10.4. The highest BCUT2D eigenvalue weighted by Crippen LogP contribution is 2.21. The fourth-order valence-electron chi connectivity index (χ4n) is 1.64. The van der Waals surface area contributed by atoms with E-state index in [1.54, 1.807) is 0 Å². The van der Waals surface area contributed by atoms with Crippen LogP contribution in [0.3, 0.4) is 0 Å². The summed E-state index contributed by atoms with van der Waals surface area (Å²) in [5.74, 6) is -4.32. The predicted molar refractivity (Wildman–Crippen MR) is 70.1 cm³/mol. The van der Waals surface area contributed by atoms with E-state index in [1.807, 2.05) is 0 Å². The second kappa shape index (κ2) is 10.2. The topological polar surface area (TPSA) is 158 Å². The van der Waals surface area contributed by atoms with Gasteiger partial charge in [0, 0.05) is 12.8 Å². The Balaban J connectivity index is 4.23. The Kier molecular flexibility index (Phi) is 9.02. The highest BCUT2D eigenvalue weighted by Gasteiger charge is 2.26. The molecule has 0 rings (SSSR count). The zero-order chi connectivity index (χ0) is 16.9. The van der Waals surface area contributed by atoms with Gasteiger partial charge < -0.3 is 10.2 Å². The smallest absolute Gasteiger partial charge is 0.276 e. The third kappa shape index (κ3) is 7.89. The van der Waals surface area contributed by atoms with Crippen molar-refractivity contribution in [3.05, 3.63) is 0 Å². The molecule has 0 aromatic heterocycles. The minimum Gasteiger partial charge on any atom is -0.350 e. The lowest BCUT2D eigenvalue weighted by molar-refractivity contribution is 0.0429. The van der Waals surface area contributed by atoms with Gasteiger partial charge in [-0.2, -0.15) is 0 Å². The molecule has 0 aliphatic heterocycles. The van der Waals surface area contributed by atoms with Gasteiger partial charge in [0.2, 0.25) is 24.3 Å². The van der Waals surface area contributed by atoms with Crippen LogP contribution in [-0.2, 0) is 19.2 Å². The lowest BCUT2D eigenvalue weighted by atomic mass is 10.1. The van der Waals surface area contributed by atoms with Crippen molar-refractivity contribution in [1.82, 2.24) is 0 Å².